The van der Waals surface area contributed by atoms with Crippen molar-refractivity contribution >= 4 is 0 Å². The van der Waals surface area contributed by atoms with Gasteiger partial charge < -0.3 is 4.90 Å². The summed E-state index contributed by atoms with van der Waals surface area (Å²) in [5.74, 6) is 1.09. The molecule has 1 aromatic heterocycles. The minimum atomic E-state index is 0.654. The molecule has 0 saturated carbocycles. The number of aryl methyl sites for hydroxylation is 1. The van der Waals surface area contributed by atoms with Gasteiger partial charge in [-0.3, -0.25) is 9.80 Å². The first-order valence-corrected chi connectivity index (χ1v) is 8.67. The molecule has 6 heteroatoms. The Labute approximate surface area is 134 Å². The third-order valence-electron chi connectivity index (χ3n) is 5.41. The van der Waals surface area contributed by atoms with Gasteiger partial charge in [-0.2, -0.15) is 5.10 Å². The number of piperidine rings is 1. The summed E-state index contributed by atoms with van der Waals surface area (Å²) >= 11 is 0. The van der Waals surface area contributed by atoms with Crippen molar-refractivity contribution in [3.63, 3.8) is 0 Å². The molecule has 0 amide bonds. The molecule has 2 aliphatic heterocycles. The van der Waals surface area contributed by atoms with Crippen LogP contribution in [0.5, 0.6) is 0 Å². The number of nitrogens with zero attached hydrogens (tertiary/aromatic N) is 6. The van der Waals surface area contributed by atoms with E-state index in [0.29, 0.717) is 6.04 Å². The van der Waals surface area contributed by atoms with Crippen LogP contribution in [0.3, 0.4) is 0 Å². The van der Waals surface area contributed by atoms with E-state index in [1.165, 1.54) is 45.4 Å². The molecule has 2 fully saturated rings. The molecule has 2 aliphatic rings. The quantitative estimate of drug-likeness (QED) is 0.808. The van der Waals surface area contributed by atoms with Gasteiger partial charge in [0.15, 0.2) is 0 Å². The Bertz CT molecular complexity index is 465. The van der Waals surface area contributed by atoms with Crippen molar-refractivity contribution in [2.45, 2.75) is 51.4 Å². The van der Waals surface area contributed by atoms with E-state index in [0.717, 1.165) is 25.0 Å². The summed E-state index contributed by atoms with van der Waals surface area (Å²) in [5, 5.41) is 4.27. The molecule has 3 heterocycles. The van der Waals surface area contributed by atoms with Gasteiger partial charge in [-0.05, 0) is 53.4 Å². The molecular formula is C16H30N6. The van der Waals surface area contributed by atoms with Gasteiger partial charge in [-0.1, -0.05) is 0 Å². The van der Waals surface area contributed by atoms with Crippen LogP contribution in [0.2, 0.25) is 0 Å². The number of hydrogen-bond donors (Lipinski definition) is 0. The Morgan fingerprint density at radius 3 is 2.73 bits per heavy atom. The number of hydrogen-bond acceptors (Lipinski definition) is 5. The first kappa shape index (κ1) is 15.9. The molecule has 0 spiro atoms. The number of likely N-dealkylation sites (tertiary alicyclic amines) is 2. The van der Waals surface area contributed by atoms with Crippen molar-refractivity contribution in [1.29, 1.82) is 0 Å². The van der Waals surface area contributed by atoms with Crippen LogP contribution >= 0.6 is 0 Å². The van der Waals surface area contributed by atoms with E-state index in [2.05, 4.69) is 45.8 Å². The molecule has 0 radical (unpaired) electrons. The third kappa shape index (κ3) is 3.50. The zero-order valence-corrected chi connectivity index (χ0v) is 14.3. The van der Waals surface area contributed by atoms with Crippen LogP contribution < -0.4 is 0 Å². The van der Waals surface area contributed by atoms with Crippen molar-refractivity contribution in [2.75, 3.05) is 40.3 Å². The number of likely N-dealkylation sites (N-methyl/N-ethyl adjacent to an activating group) is 1. The van der Waals surface area contributed by atoms with Crippen molar-refractivity contribution in [3.8, 4) is 0 Å². The van der Waals surface area contributed by atoms with E-state index in [4.69, 9.17) is 0 Å². The summed E-state index contributed by atoms with van der Waals surface area (Å²) in [6.45, 7) is 8.89. The van der Waals surface area contributed by atoms with Gasteiger partial charge in [0.25, 0.3) is 0 Å². The largest absolute Gasteiger partial charge is 0.306 e. The summed E-state index contributed by atoms with van der Waals surface area (Å²) in [6.07, 6.45) is 5.61. The maximum absolute atomic E-state index is 4.41. The average Bonchev–Trinajstić information content (AvgIpc) is 3.16. The van der Waals surface area contributed by atoms with E-state index < -0.39 is 0 Å². The normalized spacial score (nSPS) is 25.4. The molecule has 22 heavy (non-hydrogen) atoms. The molecule has 0 aliphatic carbocycles. The molecule has 124 valence electrons. The fourth-order valence-electron chi connectivity index (χ4n) is 3.85. The Hall–Kier alpha value is -0.980. The highest BCUT2D eigenvalue weighted by atomic mass is 15.4. The van der Waals surface area contributed by atoms with Crippen LogP contribution in [-0.4, -0.2) is 81.8 Å². The van der Waals surface area contributed by atoms with Gasteiger partial charge in [-0.25, -0.2) is 9.67 Å². The van der Waals surface area contributed by atoms with Crippen LogP contribution in [-0.2, 0) is 13.1 Å². The summed E-state index contributed by atoms with van der Waals surface area (Å²) in [6, 6.07) is 1.45. The third-order valence-corrected chi connectivity index (χ3v) is 5.41. The molecule has 1 atom stereocenters. The highest BCUT2D eigenvalue weighted by molar-refractivity contribution is 4.91. The van der Waals surface area contributed by atoms with Gasteiger partial charge >= 0.3 is 0 Å². The lowest BCUT2D eigenvalue weighted by molar-refractivity contribution is 0.131. The predicted octanol–water partition coefficient (Wildman–Crippen LogP) is 0.898. The summed E-state index contributed by atoms with van der Waals surface area (Å²) in [4.78, 5) is 12.0. The second kappa shape index (κ2) is 7.06. The maximum Gasteiger partial charge on any atom is 0.140 e. The molecule has 6 nitrogen and oxygen atoms in total. The zero-order valence-electron chi connectivity index (χ0n) is 14.3. The van der Waals surface area contributed by atoms with Crippen LogP contribution in [0.1, 0.15) is 32.0 Å². The topological polar surface area (TPSA) is 40.4 Å². The Morgan fingerprint density at radius 1 is 1.23 bits per heavy atom. The minimum absolute atomic E-state index is 0.654. The van der Waals surface area contributed by atoms with Crippen LogP contribution in [0, 0.1) is 0 Å². The first-order chi connectivity index (χ1) is 10.7. The maximum atomic E-state index is 4.41. The van der Waals surface area contributed by atoms with Crippen LogP contribution in [0.25, 0.3) is 0 Å². The predicted molar refractivity (Wildman–Crippen MR) is 87.7 cm³/mol. The highest BCUT2D eigenvalue weighted by Gasteiger charge is 2.32. The lowest BCUT2D eigenvalue weighted by atomic mass is 10.0. The second-order valence-electron chi connectivity index (χ2n) is 6.88. The Morgan fingerprint density at radius 2 is 2.00 bits per heavy atom. The van der Waals surface area contributed by atoms with Crippen molar-refractivity contribution in [3.05, 3.63) is 12.2 Å². The standard InChI is InChI=1S/C16H30N6/c1-4-22-16(17-13-18-22)12-20(3)15-7-10-21(11-15)14-5-8-19(2)9-6-14/h13-15H,4-12H2,1-3H3. The van der Waals surface area contributed by atoms with Crippen LogP contribution in [0.15, 0.2) is 6.33 Å². The van der Waals surface area contributed by atoms with Gasteiger partial charge in [0.05, 0.1) is 6.54 Å². The second-order valence-corrected chi connectivity index (χ2v) is 6.88. The SMILES string of the molecule is CCn1ncnc1CN(C)C1CCN(C2CCN(C)CC2)C1. The van der Waals surface area contributed by atoms with Gasteiger partial charge in [0, 0.05) is 31.7 Å². The molecule has 2 saturated heterocycles. The van der Waals surface area contributed by atoms with E-state index >= 15 is 0 Å². The average molecular weight is 306 g/mol. The van der Waals surface area contributed by atoms with Gasteiger partial charge in [-0.15, -0.1) is 0 Å². The summed E-state index contributed by atoms with van der Waals surface area (Å²) in [7, 11) is 4.47. The molecule has 1 aromatic rings. The molecule has 1 unspecified atom stereocenters. The molecular weight excluding hydrogens is 276 g/mol. The van der Waals surface area contributed by atoms with E-state index in [9.17, 15) is 0 Å². The smallest absolute Gasteiger partial charge is 0.140 e. The van der Waals surface area contributed by atoms with Gasteiger partial charge in [0.1, 0.15) is 12.2 Å². The fourth-order valence-corrected chi connectivity index (χ4v) is 3.85. The van der Waals surface area contributed by atoms with Crippen molar-refractivity contribution in [2.24, 2.45) is 0 Å². The first-order valence-electron chi connectivity index (χ1n) is 8.67. The van der Waals surface area contributed by atoms with E-state index in [1.54, 1.807) is 6.33 Å². The lowest BCUT2D eigenvalue weighted by Crippen LogP contribution is -2.44. The van der Waals surface area contributed by atoms with E-state index in [-0.39, 0.29) is 0 Å². The zero-order chi connectivity index (χ0) is 15.5. The Balaban J connectivity index is 1.51. The lowest BCUT2D eigenvalue weighted by Gasteiger charge is -2.35. The Kier molecular flexibility index (Phi) is 5.10. The van der Waals surface area contributed by atoms with Crippen molar-refractivity contribution in [1.82, 2.24) is 29.5 Å². The summed E-state index contributed by atoms with van der Waals surface area (Å²) in [5.41, 5.74) is 0. The van der Waals surface area contributed by atoms with Crippen LogP contribution in [0.4, 0.5) is 0 Å². The number of aromatic nitrogens is 3. The fraction of sp³-hybridized carbons (Fsp3) is 0.875. The minimum Gasteiger partial charge on any atom is -0.306 e. The number of rotatable bonds is 5. The molecule has 3 rings (SSSR count). The van der Waals surface area contributed by atoms with Gasteiger partial charge in [0.2, 0.25) is 0 Å². The van der Waals surface area contributed by atoms with Crippen molar-refractivity contribution < 1.29 is 0 Å². The molecule has 0 N–H and O–H groups in total. The van der Waals surface area contributed by atoms with E-state index in [1.807, 2.05) is 4.68 Å². The summed E-state index contributed by atoms with van der Waals surface area (Å²) < 4.78 is 2.00. The highest BCUT2D eigenvalue weighted by Crippen LogP contribution is 2.23. The monoisotopic (exact) mass is 306 g/mol. The molecule has 0 bridgehead atoms. The molecule has 0 aromatic carbocycles.